The Labute approximate surface area is 198 Å². The largest absolute Gasteiger partial charge is 0.489 e. The van der Waals surface area contributed by atoms with Gasteiger partial charge in [-0.2, -0.15) is 0 Å². The zero-order valence-electron chi connectivity index (χ0n) is 19.5. The highest BCUT2D eigenvalue weighted by atomic mass is 16.5. The zero-order valence-corrected chi connectivity index (χ0v) is 19.5. The van der Waals surface area contributed by atoms with E-state index >= 15 is 0 Å². The highest BCUT2D eigenvalue weighted by Crippen LogP contribution is 2.22. The predicted molar refractivity (Wildman–Crippen MR) is 128 cm³/mol. The maximum atomic E-state index is 12.3. The summed E-state index contributed by atoms with van der Waals surface area (Å²) in [5.74, 6) is 0.350. The van der Waals surface area contributed by atoms with Crippen molar-refractivity contribution in [1.82, 2.24) is 5.16 Å². The van der Waals surface area contributed by atoms with Crippen LogP contribution in [0.15, 0.2) is 53.1 Å². The molecular weight excluding hydrogens is 434 g/mol. The molecule has 8 heteroatoms. The van der Waals surface area contributed by atoms with Crippen molar-refractivity contribution in [2.45, 2.75) is 39.7 Å². The molecule has 4 rings (SSSR count). The monoisotopic (exact) mass is 463 g/mol. The number of rotatable bonds is 8. The molecule has 1 aliphatic heterocycles. The number of nitrogens with zero attached hydrogens (tertiary/aromatic N) is 2. The molecule has 2 heterocycles. The first kappa shape index (κ1) is 23.4. The van der Waals surface area contributed by atoms with E-state index in [1.165, 1.54) is 19.3 Å². The van der Waals surface area contributed by atoms with Gasteiger partial charge in [0.1, 0.15) is 18.1 Å². The third-order valence-electron chi connectivity index (χ3n) is 5.86. The van der Waals surface area contributed by atoms with Gasteiger partial charge in [0.15, 0.2) is 6.61 Å². The molecule has 0 bridgehead atoms. The van der Waals surface area contributed by atoms with E-state index in [0.717, 1.165) is 30.0 Å². The second-order valence-electron chi connectivity index (χ2n) is 8.33. The second-order valence-corrected chi connectivity index (χ2v) is 8.33. The number of benzene rings is 2. The summed E-state index contributed by atoms with van der Waals surface area (Å²) in [5.41, 5.74) is 3.85. The number of esters is 1. The first-order valence-corrected chi connectivity index (χ1v) is 11.5. The van der Waals surface area contributed by atoms with Gasteiger partial charge >= 0.3 is 5.97 Å². The maximum Gasteiger partial charge on any atom is 0.338 e. The fourth-order valence-corrected chi connectivity index (χ4v) is 3.87. The number of carbonyl (C=O) groups is 2. The van der Waals surface area contributed by atoms with Crippen LogP contribution in [0.3, 0.4) is 0 Å². The molecule has 34 heavy (non-hydrogen) atoms. The SMILES string of the molecule is Cc1noc(C)c1COc1ccc(C(=O)OCC(=O)Nc2ccc(N3CCCCC3)cc2)cc1. The minimum Gasteiger partial charge on any atom is -0.489 e. The van der Waals surface area contributed by atoms with Crippen LogP contribution in [-0.4, -0.2) is 36.7 Å². The van der Waals surface area contributed by atoms with Crippen LogP contribution in [0.1, 0.15) is 46.6 Å². The minimum atomic E-state index is -0.576. The van der Waals surface area contributed by atoms with Gasteiger partial charge in [0.2, 0.25) is 0 Å². The molecule has 1 amide bonds. The Bertz CT molecular complexity index is 1100. The van der Waals surface area contributed by atoms with Crippen molar-refractivity contribution in [2.75, 3.05) is 29.9 Å². The summed E-state index contributed by atoms with van der Waals surface area (Å²) < 4.78 is 16.0. The third-order valence-corrected chi connectivity index (χ3v) is 5.86. The fourth-order valence-electron chi connectivity index (χ4n) is 3.87. The number of amides is 1. The Kier molecular flexibility index (Phi) is 7.47. The standard InChI is InChI=1S/C26H29N3O5/c1-18-24(19(2)34-28-18)16-32-23-12-6-20(7-13-23)26(31)33-17-25(30)27-21-8-10-22(11-9-21)29-14-4-3-5-15-29/h6-13H,3-5,14-17H2,1-2H3,(H,27,30). The number of carbonyl (C=O) groups excluding carboxylic acids is 2. The Morgan fingerprint density at radius 3 is 2.35 bits per heavy atom. The van der Waals surface area contributed by atoms with Crippen LogP contribution >= 0.6 is 0 Å². The molecular formula is C26H29N3O5. The molecule has 1 aromatic heterocycles. The summed E-state index contributed by atoms with van der Waals surface area (Å²) in [4.78, 5) is 26.9. The Morgan fingerprint density at radius 1 is 1.00 bits per heavy atom. The van der Waals surface area contributed by atoms with E-state index < -0.39 is 11.9 Å². The van der Waals surface area contributed by atoms with E-state index in [2.05, 4.69) is 15.4 Å². The molecule has 0 spiro atoms. The van der Waals surface area contributed by atoms with Gasteiger partial charge in [0.05, 0.1) is 16.8 Å². The van der Waals surface area contributed by atoms with Crippen LogP contribution in [0.5, 0.6) is 5.75 Å². The summed E-state index contributed by atoms with van der Waals surface area (Å²) in [5, 5.41) is 6.66. The zero-order chi connectivity index (χ0) is 23.9. The van der Waals surface area contributed by atoms with Crippen molar-refractivity contribution in [3.05, 3.63) is 71.1 Å². The van der Waals surface area contributed by atoms with Crippen molar-refractivity contribution in [1.29, 1.82) is 0 Å². The van der Waals surface area contributed by atoms with Gasteiger partial charge in [-0.15, -0.1) is 0 Å². The maximum absolute atomic E-state index is 12.3. The van der Waals surface area contributed by atoms with E-state index in [1.807, 2.05) is 38.1 Å². The number of nitrogens with one attached hydrogen (secondary N) is 1. The van der Waals surface area contributed by atoms with E-state index in [9.17, 15) is 9.59 Å². The molecule has 0 unspecified atom stereocenters. The smallest absolute Gasteiger partial charge is 0.338 e. The van der Waals surface area contributed by atoms with E-state index in [1.54, 1.807) is 24.3 Å². The number of ether oxygens (including phenoxy) is 2. The van der Waals surface area contributed by atoms with Crippen LogP contribution in [0.2, 0.25) is 0 Å². The fraction of sp³-hybridized carbons (Fsp3) is 0.346. The highest BCUT2D eigenvalue weighted by Gasteiger charge is 2.14. The van der Waals surface area contributed by atoms with Gasteiger partial charge in [-0.25, -0.2) is 4.79 Å². The van der Waals surface area contributed by atoms with Crippen LogP contribution in [0.25, 0.3) is 0 Å². The van der Waals surface area contributed by atoms with Gasteiger partial charge in [-0.1, -0.05) is 5.16 Å². The number of aryl methyl sites for hydroxylation is 2. The van der Waals surface area contributed by atoms with Gasteiger partial charge in [0, 0.05) is 24.5 Å². The average molecular weight is 464 g/mol. The molecule has 178 valence electrons. The topological polar surface area (TPSA) is 93.9 Å². The van der Waals surface area contributed by atoms with Crippen LogP contribution in [0.4, 0.5) is 11.4 Å². The van der Waals surface area contributed by atoms with Crippen molar-refractivity contribution in [3.8, 4) is 5.75 Å². The molecule has 1 N–H and O–H groups in total. The number of aromatic nitrogens is 1. The van der Waals surface area contributed by atoms with Crippen molar-refractivity contribution >= 4 is 23.3 Å². The first-order chi connectivity index (χ1) is 16.5. The molecule has 2 aromatic carbocycles. The van der Waals surface area contributed by atoms with Gasteiger partial charge in [0.25, 0.3) is 5.91 Å². The summed E-state index contributed by atoms with van der Waals surface area (Å²) in [7, 11) is 0. The molecule has 0 atom stereocenters. The molecule has 0 saturated carbocycles. The third kappa shape index (κ3) is 5.95. The Morgan fingerprint density at radius 2 is 1.71 bits per heavy atom. The molecule has 1 aliphatic rings. The summed E-state index contributed by atoms with van der Waals surface area (Å²) >= 11 is 0. The van der Waals surface area contributed by atoms with Gasteiger partial charge < -0.3 is 24.2 Å². The predicted octanol–water partition coefficient (Wildman–Crippen LogP) is 4.66. The number of piperidine rings is 1. The highest BCUT2D eigenvalue weighted by molar-refractivity contribution is 5.95. The average Bonchev–Trinajstić information content (AvgIpc) is 3.19. The Balaban J connectivity index is 1.22. The molecule has 1 fully saturated rings. The molecule has 0 aliphatic carbocycles. The number of hydrogen-bond donors (Lipinski definition) is 1. The van der Waals surface area contributed by atoms with Crippen LogP contribution in [0, 0.1) is 13.8 Å². The second kappa shape index (κ2) is 10.9. The van der Waals surface area contributed by atoms with E-state index in [4.69, 9.17) is 14.0 Å². The summed E-state index contributed by atoms with van der Waals surface area (Å²) in [6.07, 6.45) is 3.70. The number of anilines is 2. The minimum absolute atomic E-state index is 0.324. The van der Waals surface area contributed by atoms with Crippen LogP contribution in [-0.2, 0) is 16.1 Å². The van der Waals surface area contributed by atoms with Crippen molar-refractivity contribution < 1.29 is 23.6 Å². The summed E-state index contributed by atoms with van der Waals surface area (Å²) in [6, 6.07) is 14.3. The summed E-state index contributed by atoms with van der Waals surface area (Å²) in [6.45, 7) is 5.78. The quantitative estimate of drug-likeness (QED) is 0.486. The van der Waals surface area contributed by atoms with Gasteiger partial charge in [-0.3, -0.25) is 4.79 Å². The first-order valence-electron chi connectivity index (χ1n) is 11.5. The Hall–Kier alpha value is -3.81. The van der Waals surface area contributed by atoms with E-state index in [-0.39, 0.29) is 6.61 Å². The lowest BCUT2D eigenvalue weighted by molar-refractivity contribution is -0.119. The molecule has 0 radical (unpaired) electrons. The van der Waals surface area contributed by atoms with E-state index in [0.29, 0.717) is 29.4 Å². The molecule has 3 aromatic rings. The number of hydrogen-bond acceptors (Lipinski definition) is 7. The van der Waals surface area contributed by atoms with Crippen molar-refractivity contribution in [2.24, 2.45) is 0 Å². The lowest BCUT2D eigenvalue weighted by Gasteiger charge is -2.28. The lowest BCUT2D eigenvalue weighted by Crippen LogP contribution is -2.29. The lowest BCUT2D eigenvalue weighted by atomic mass is 10.1. The van der Waals surface area contributed by atoms with Crippen molar-refractivity contribution in [3.63, 3.8) is 0 Å². The van der Waals surface area contributed by atoms with Gasteiger partial charge in [-0.05, 0) is 81.6 Å². The van der Waals surface area contributed by atoms with Crippen LogP contribution < -0.4 is 15.0 Å². The molecule has 1 saturated heterocycles. The molecule has 8 nitrogen and oxygen atoms in total. The normalized spacial score (nSPS) is 13.4.